The molecule has 2 heteroatoms. The van der Waals surface area contributed by atoms with Gasteiger partial charge in [0, 0.05) is 0 Å². The van der Waals surface area contributed by atoms with Crippen molar-refractivity contribution in [3.05, 3.63) is 35.4 Å². The number of nitrogens with one attached hydrogen (secondary N) is 1. The molecule has 0 heterocycles. The summed E-state index contributed by atoms with van der Waals surface area (Å²) in [5, 5.41) is 3.13. The Kier molecular flexibility index (Phi) is 4.16. The number of halogens is 1. The third-order valence-electron chi connectivity index (χ3n) is 3.75. The molecule has 1 aromatic carbocycles. The Morgan fingerprint density at radius 3 is 2.71 bits per heavy atom. The van der Waals surface area contributed by atoms with E-state index in [2.05, 4.69) is 17.4 Å². The van der Waals surface area contributed by atoms with Crippen molar-refractivity contribution < 1.29 is 4.39 Å². The van der Waals surface area contributed by atoms with E-state index < -0.39 is 5.67 Å². The van der Waals surface area contributed by atoms with Crippen LogP contribution in [0.4, 0.5) is 4.39 Å². The first kappa shape index (κ1) is 12.6. The molecule has 2 rings (SSSR count). The predicted molar refractivity (Wildman–Crippen MR) is 69.9 cm³/mol. The van der Waals surface area contributed by atoms with Crippen LogP contribution >= 0.6 is 0 Å². The highest BCUT2D eigenvalue weighted by molar-refractivity contribution is 5.29. The molecule has 0 radical (unpaired) electrons. The Morgan fingerprint density at radius 2 is 2.00 bits per heavy atom. The monoisotopic (exact) mass is 235 g/mol. The lowest BCUT2D eigenvalue weighted by Crippen LogP contribution is -2.23. The average molecular weight is 235 g/mol. The summed E-state index contributed by atoms with van der Waals surface area (Å²) < 4.78 is 14.8. The third-order valence-corrected chi connectivity index (χ3v) is 3.75. The lowest BCUT2D eigenvalue weighted by Gasteiger charge is -2.30. The van der Waals surface area contributed by atoms with Gasteiger partial charge in [-0.2, -0.15) is 0 Å². The summed E-state index contributed by atoms with van der Waals surface area (Å²) in [6, 6.07) is 8.10. The van der Waals surface area contributed by atoms with Gasteiger partial charge in [-0.3, -0.25) is 0 Å². The fourth-order valence-corrected chi connectivity index (χ4v) is 2.68. The first-order valence-corrected chi connectivity index (χ1v) is 6.67. The van der Waals surface area contributed by atoms with Gasteiger partial charge < -0.3 is 5.32 Å². The zero-order valence-corrected chi connectivity index (χ0v) is 10.6. The summed E-state index contributed by atoms with van der Waals surface area (Å²) in [6.45, 7) is 0.947. The van der Waals surface area contributed by atoms with Gasteiger partial charge in [0.05, 0.1) is 0 Å². The normalized spacial score (nSPS) is 19.2. The molecular weight excluding hydrogens is 213 g/mol. The number of rotatable bonds is 4. The molecule has 0 saturated heterocycles. The van der Waals surface area contributed by atoms with Gasteiger partial charge in [0.25, 0.3) is 0 Å². The third kappa shape index (κ3) is 3.06. The highest BCUT2D eigenvalue weighted by Gasteiger charge is 2.33. The minimum Gasteiger partial charge on any atom is -0.319 e. The van der Waals surface area contributed by atoms with E-state index in [0.29, 0.717) is 12.8 Å². The summed E-state index contributed by atoms with van der Waals surface area (Å²) in [5.41, 5.74) is 1.07. The molecule has 0 bridgehead atoms. The predicted octanol–water partition coefficient (Wildman–Crippen LogP) is 3.58. The van der Waals surface area contributed by atoms with E-state index in [-0.39, 0.29) is 0 Å². The van der Waals surface area contributed by atoms with Gasteiger partial charge in [-0.1, -0.05) is 30.7 Å². The molecule has 1 N–H and O–H groups in total. The molecule has 0 amide bonds. The lowest BCUT2D eigenvalue weighted by molar-refractivity contribution is 0.106. The SMILES string of the molecule is CNCCc1cccc(C2(F)CCCCC2)c1. The fraction of sp³-hybridized carbons (Fsp3) is 0.600. The topological polar surface area (TPSA) is 12.0 Å². The van der Waals surface area contributed by atoms with Crippen LogP contribution in [0.25, 0.3) is 0 Å². The van der Waals surface area contributed by atoms with Gasteiger partial charge in [-0.15, -0.1) is 0 Å². The second-order valence-corrected chi connectivity index (χ2v) is 5.08. The van der Waals surface area contributed by atoms with Crippen LogP contribution in [0.5, 0.6) is 0 Å². The molecule has 0 aromatic heterocycles. The first-order chi connectivity index (χ1) is 8.24. The molecule has 0 unspecified atom stereocenters. The van der Waals surface area contributed by atoms with Crippen LogP contribution in [0, 0.1) is 0 Å². The van der Waals surface area contributed by atoms with E-state index in [1.165, 1.54) is 12.0 Å². The molecule has 94 valence electrons. The van der Waals surface area contributed by atoms with Gasteiger partial charge in [0.15, 0.2) is 0 Å². The maximum absolute atomic E-state index is 14.8. The molecule has 0 aliphatic heterocycles. The van der Waals surface area contributed by atoms with Crippen molar-refractivity contribution in [3.63, 3.8) is 0 Å². The van der Waals surface area contributed by atoms with Crippen LogP contribution in [0.1, 0.15) is 43.2 Å². The van der Waals surface area contributed by atoms with E-state index in [1.54, 1.807) is 0 Å². The second-order valence-electron chi connectivity index (χ2n) is 5.08. The lowest BCUT2D eigenvalue weighted by atomic mass is 9.81. The quantitative estimate of drug-likeness (QED) is 0.841. The maximum atomic E-state index is 14.8. The molecule has 0 spiro atoms. The smallest absolute Gasteiger partial charge is 0.136 e. The van der Waals surface area contributed by atoms with E-state index in [9.17, 15) is 4.39 Å². The Labute approximate surface area is 103 Å². The van der Waals surface area contributed by atoms with Crippen molar-refractivity contribution in [1.29, 1.82) is 0 Å². The van der Waals surface area contributed by atoms with Crippen LogP contribution < -0.4 is 5.32 Å². The average Bonchev–Trinajstić information content (AvgIpc) is 2.38. The fourth-order valence-electron chi connectivity index (χ4n) is 2.68. The summed E-state index contributed by atoms with van der Waals surface area (Å²) >= 11 is 0. The number of hydrogen-bond acceptors (Lipinski definition) is 1. The van der Waals surface area contributed by atoms with E-state index in [1.807, 2.05) is 19.2 Å². The largest absolute Gasteiger partial charge is 0.319 e. The van der Waals surface area contributed by atoms with Gasteiger partial charge in [0.2, 0.25) is 0 Å². The Bertz CT molecular complexity index is 356. The highest BCUT2D eigenvalue weighted by atomic mass is 19.1. The Hall–Kier alpha value is -0.890. The van der Waals surface area contributed by atoms with E-state index in [4.69, 9.17) is 0 Å². The molecule has 1 nitrogen and oxygen atoms in total. The van der Waals surface area contributed by atoms with Gasteiger partial charge >= 0.3 is 0 Å². The maximum Gasteiger partial charge on any atom is 0.136 e. The van der Waals surface area contributed by atoms with Crippen LogP contribution in [-0.4, -0.2) is 13.6 Å². The van der Waals surface area contributed by atoms with Crippen molar-refractivity contribution in [3.8, 4) is 0 Å². The zero-order chi connectivity index (χ0) is 12.1. The summed E-state index contributed by atoms with van der Waals surface area (Å²) in [4.78, 5) is 0. The van der Waals surface area contributed by atoms with Crippen LogP contribution in [0.15, 0.2) is 24.3 Å². The van der Waals surface area contributed by atoms with Crippen LogP contribution in [0.2, 0.25) is 0 Å². The summed E-state index contributed by atoms with van der Waals surface area (Å²) in [7, 11) is 1.95. The molecule has 17 heavy (non-hydrogen) atoms. The van der Waals surface area contributed by atoms with Crippen molar-refractivity contribution >= 4 is 0 Å². The number of benzene rings is 1. The molecular formula is C15H22FN. The van der Waals surface area contributed by atoms with Gasteiger partial charge in [0.1, 0.15) is 5.67 Å². The van der Waals surface area contributed by atoms with Crippen LogP contribution in [-0.2, 0) is 12.1 Å². The summed E-state index contributed by atoms with van der Waals surface area (Å²) in [5.74, 6) is 0. The van der Waals surface area contributed by atoms with Crippen molar-refractivity contribution in [1.82, 2.24) is 5.32 Å². The molecule has 1 fully saturated rings. The molecule has 1 aromatic rings. The van der Waals surface area contributed by atoms with Crippen molar-refractivity contribution in [2.45, 2.75) is 44.2 Å². The highest BCUT2D eigenvalue weighted by Crippen LogP contribution is 2.40. The molecule has 1 aliphatic carbocycles. The zero-order valence-electron chi connectivity index (χ0n) is 10.6. The standard InChI is InChI=1S/C15H22FN/c1-17-11-8-13-6-5-7-14(12-13)15(16)9-3-2-4-10-15/h5-7,12,17H,2-4,8-11H2,1H3. The van der Waals surface area contributed by atoms with Crippen LogP contribution in [0.3, 0.4) is 0 Å². The van der Waals surface area contributed by atoms with Crippen molar-refractivity contribution in [2.75, 3.05) is 13.6 Å². The minimum absolute atomic E-state index is 0.697. The Morgan fingerprint density at radius 1 is 1.24 bits per heavy atom. The summed E-state index contributed by atoms with van der Waals surface area (Å²) in [6.07, 6.45) is 5.60. The second kappa shape index (κ2) is 5.63. The molecule has 1 aliphatic rings. The number of likely N-dealkylation sites (N-methyl/N-ethyl adjacent to an activating group) is 1. The molecule has 1 saturated carbocycles. The van der Waals surface area contributed by atoms with Crippen molar-refractivity contribution in [2.24, 2.45) is 0 Å². The molecule has 0 atom stereocenters. The first-order valence-electron chi connectivity index (χ1n) is 6.67. The van der Waals surface area contributed by atoms with E-state index >= 15 is 0 Å². The van der Waals surface area contributed by atoms with Gasteiger partial charge in [-0.25, -0.2) is 4.39 Å². The minimum atomic E-state index is -1.06. The van der Waals surface area contributed by atoms with Gasteiger partial charge in [-0.05, 0) is 56.8 Å². The number of hydrogen-bond donors (Lipinski definition) is 1. The Balaban J connectivity index is 2.14. The van der Waals surface area contributed by atoms with E-state index in [0.717, 1.165) is 31.4 Å². The number of alkyl halides is 1.